The molecule has 2 amide bonds. The van der Waals surface area contributed by atoms with Crippen LogP contribution in [0, 0.1) is 27.7 Å². The number of aryl methyl sites for hydroxylation is 4. The van der Waals surface area contributed by atoms with Gasteiger partial charge in [0.1, 0.15) is 0 Å². The smallest absolute Gasteiger partial charge is 0.226 e. The Morgan fingerprint density at radius 1 is 0.920 bits per heavy atom. The van der Waals surface area contributed by atoms with Crippen LogP contribution in [-0.4, -0.2) is 18.4 Å². The molecule has 0 unspecified atom stereocenters. The van der Waals surface area contributed by atoms with Gasteiger partial charge in [-0.25, -0.2) is 0 Å². The molecule has 2 aromatic rings. The van der Waals surface area contributed by atoms with Crippen LogP contribution < -0.4 is 10.2 Å². The number of nitrogens with one attached hydrogen (secondary N) is 1. The second-order valence-corrected chi connectivity index (χ2v) is 6.58. The predicted octanol–water partition coefficient (Wildman–Crippen LogP) is 4.30. The van der Waals surface area contributed by atoms with E-state index in [9.17, 15) is 9.59 Å². The van der Waals surface area contributed by atoms with Crippen molar-refractivity contribution in [2.45, 2.75) is 41.0 Å². The number of carbonyl (C=O) groups excluding carboxylic acids is 2. The van der Waals surface area contributed by atoms with Gasteiger partial charge in [0.15, 0.2) is 0 Å². The van der Waals surface area contributed by atoms with Crippen molar-refractivity contribution >= 4 is 23.2 Å². The Morgan fingerprint density at radius 3 is 2.08 bits per heavy atom. The Kier molecular flexibility index (Phi) is 5.97. The SMILES string of the molecule is CC(=O)N(CCC(=O)Nc1ccc(C)cc1C)c1ccc(C)cc1C. The monoisotopic (exact) mass is 338 g/mol. The lowest BCUT2D eigenvalue weighted by Crippen LogP contribution is -2.32. The van der Waals surface area contributed by atoms with E-state index in [0.29, 0.717) is 6.54 Å². The van der Waals surface area contributed by atoms with Crippen molar-refractivity contribution in [1.29, 1.82) is 0 Å². The summed E-state index contributed by atoms with van der Waals surface area (Å²) in [7, 11) is 0. The van der Waals surface area contributed by atoms with Crippen LogP contribution in [-0.2, 0) is 9.59 Å². The van der Waals surface area contributed by atoms with Crippen molar-refractivity contribution in [3.8, 4) is 0 Å². The van der Waals surface area contributed by atoms with E-state index >= 15 is 0 Å². The van der Waals surface area contributed by atoms with E-state index in [4.69, 9.17) is 0 Å². The molecule has 0 spiro atoms. The van der Waals surface area contributed by atoms with Crippen LogP contribution in [0.5, 0.6) is 0 Å². The molecule has 0 aliphatic rings. The average Bonchev–Trinajstić information content (AvgIpc) is 2.52. The number of amides is 2. The van der Waals surface area contributed by atoms with Gasteiger partial charge in [-0.15, -0.1) is 0 Å². The zero-order valence-corrected chi connectivity index (χ0v) is 15.6. The van der Waals surface area contributed by atoms with E-state index in [-0.39, 0.29) is 18.2 Å². The number of nitrogens with zero attached hydrogens (tertiary/aromatic N) is 1. The summed E-state index contributed by atoms with van der Waals surface area (Å²) in [4.78, 5) is 26.0. The van der Waals surface area contributed by atoms with Gasteiger partial charge in [0.05, 0.1) is 0 Å². The lowest BCUT2D eigenvalue weighted by atomic mass is 10.1. The molecule has 0 saturated carbocycles. The minimum absolute atomic E-state index is 0.0636. The molecule has 0 saturated heterocycles. The van der Waals surface area contributed by atoms with Gasteiger partial charge >= 0.3 is 0 Å². The van der Waals surface area contributed by atoms with E-state index in [0.717, 1.165) is 33.6 Å². The molecular formula is C21H26N2O2. The van der Waals surface area contributed by atoms with Crippen LogP contribution in [0.25, 0.3) is 0 Å². The molecule has 0 bridgehead atoms. The summed E-state index contributed by atoms with van der Waals surface area (Å²) in [5.41, 5.74) is 6.05. The van der Waals surface area contributed by atoms with E-state index in [1.165, 1.54) is 6.92 Å². The van der Waals surface area contributed by atoms with Crippen LogP contribution in [0.3, 0.4) is 0 Å². The van der Waals surface area contributed by atoms with Crippen molar-refractivity contribution in [3.05, 3.63) is 58.7 Å². The van der Waals surface area contributed by atoms with Gasteiger partial charge in [-0.3, -0.25) is 9.59 Å². The molecule has 0 radical (unpaired) electrons. The molecule has 4 heteroatoms. The van der Waals surface area contributed by atoms with Crippen LogP contribution in [0.15, 0.2) is 36.4 Å². The van der Waals surface area contributed by atoms with Crippen LogP contribution in [0.2, 0.25) is 0 Å². The molecule has 1 N–H and O–H groups in total. The normalized spacial score (nSPS) is 10.4. The Labute approximate surface area is 149 Å². The Balaban J connectivity index is 2.05. The molecule has 0 fully saturated rings. The van der Waals surface area contributed by atoms with E-state index in [2.05, 4.69) is 5.32 Å². The molecule has 0 aliphatic heterocycles. The quantitative estimate of drug-likeness (QED) is 0.883. The third kappa shape index (κ3) is 4.92. The predicted molar refractivity (Wildman–Crippen MR) is 103 cm³/mol. The lowest BCUT2D eigenvalue weighted by molar-refractivity contribution is -0.117. The van der Waals surface area contributed by atoms with E-state index in [1.54, 1.807) is 4.90 Å². The number of benzene rings is 2. The van der Waals surface area contributed by atoms with Gasteiger partial charge in [0, 0.05) is 31.3 Å². The van der Waals surface area contributed by atoms with Gasteiger partial charge in [-0.2, -0.15) is 0 Å². The number of carbonyl (C=O) groups is 2. The van der Waals surface area contributed by atoms with Crippen molar-refractivity contribution in [2.24, 2.45) is 0 Å². The first kappa shape index (κ1) is 18.7. The minimum atomic E-state index is -0.0945. The molecule has 2 aromatic carbocycles. The third-order valence-electron chi connectivity index (χ3n) is 4.24. The number of rotatable bonds is 5. The molecule has 25 heavy (non-hydrogen) atoms. The van der Waals surface area contributed by atoms with Crippen LogP contribution in [0.1, 0.15) is 35.6 Å². The zero-order valence-electron chi connectivity index (χ0n) is 15.6. The standard InChI is InChI=1S/C21H26N2O2/c1-14-6-8-19(16(3)12-14)22-21(25)10-11-23(18(5)24)20-9-7-15(2)13-17(20)4/h6-9,12-13H,10-11H2,1-5H3,(H,22,25). The summed E-state index contributed by atoms with van der Waals surface area (Å²) in [6, 6.07) is 11.9. The molecule has 0 atom stereocenters. The van der Waals surface area contributed by atoms with Gasteiger partial charge in [0.2, 0.25) is 11.8 Å². The highest BCUT2D eigenvalue weighted by atomic mass is 16.2. The molecule has 4 nitrogen and oxygen atoms in total. The Bertz CT molecular complexity index is 796. The van der Waals surface area contributed by atoms with Crippen molar-refractivity contribution < 1.29 is 9.59 Å². The fourth-order valence-electron chi connectivity index (χ4n) is 2.94. The van der Waals surface area contributed by atoms with Crippen LogP contribution >= 0.6 is 0 Å². The van der Waals surface area contributed by atoms with Crippen molar-refractivity contribution in [2.75, 3.05) is 16.8 Å². The number of hydrogen-bond acceptors (Lipinski definition) is 2. The minimum Gasteiger partial charge on any atom is -0.326 e. The second-order valence-electron chi connectivity index (χ2n) is 6.58. The molecule has 2 rings (SSSR count). The first-order valence-electron chi connectivity index (χ1n) is 8.50. The highest BCUT2D eigenvalue weighted by Gasteiger charge is 2.15. The largest absolute Gasteiger partial charge is 0.326 e. The van der Waals surface area contributed by atoms with Crippen LogP contribution in [0.4, 0.5) is 11.4 Å². The first-order valence-corrected chi connectivity index (χ1v) is 8.50. The maximum absolute atomic E-state index is 12.3. The average molecular weight is 338 g/mol. The highest BCUT2D eigenvalue weighted by Crippen LogP contribution is 2.22. The second kappa shape index (κ2) is 7.97. The maximum Gasteiger partial charge on any atom is 0.226 e. The van der Waals surface area contributed by atoms with Gasteiger partial charge in [0.25, 0.3) is 0 Å². The fourth-order valence-corrected chi connectivity index (χ4v) is 2.94. The summed E-state index contributed by atoms with van der Waals surface area (Å²) in [5, 5.41) is 2.93. The van der Waals surface area contributed by atoms with Crippen molar-refractivity contribution in [3.63, 3.8) is 0 Å². The fraction of sp³-hybridized carbons (Fsp3) is 0.333. The molecule has 0 aromatic heterocycles. The summed E-state index contributed by atoms with van der Waals surface area (Å²) in [5.74, 6) is -0.158. The third-order valence-corrected chi connectivity index (χ3v) is 4.24. The summed E-state index contributed by atoms with van der Waals surface area (Å²) >= 11 is 0. The summed E-state index contributed by atoms with van der Waals surface area (Å²) in [6.45, 7) is 9.88. The molecular weight excluding hydrogens is 312 g/mol. The van der Waals surface area contributed by atoms with E-state index in [1.807, 2.05) is 64.1 Å². The Hall–Kier alpha value is -2.62. The molecule has 0 heterocycles. The number of anilines is 2. The summed E-state index contributed by atoms with van der Waals surface area (Å²) < 4.78 is 0. The van der Waals surface area contributed by atoms with E-state index < -0.39 is 0 Å². The lowest BCUT2D eigenvalue weighted by Gasteiger charge is -2.23. The van der Waals surface area contributed by atoms with Crippen molar-refractivity contribution in [1.82, 2.24) is 0 Å². The van der Waals surface area contributed by atoms with Gasteiger partial charge < -0.3 is 10.2 Å². The highest BCUT2D eigenvalue weighted by molar-refractivity contribution is 5.95. The topological polar surface area (TPSA) is 49.4 Å². The molecule has 132 valence electrons. The number of hydrogen-bond donors (Lipinski definition) is 1. The van der Waals surface area contributed by atoms with Gasteiger partial charge in [-0.1, -0.05) is 35.4 Å². The first-order chi connectivity index (χ1) is 11.8. The summed E-state index contributed by atoms with van der Waals surface area (Å²) in [6.07, 6.45) is 0.250. The zero-order chi connectivity index (χ0) is 18.6. The molecule has 0 aliphatic carbocycles. The maximum atomic E-state index is 12.3. The van der Waals surface area contributed by atoms with Gasteiger partial charge in [-0.05, 0) is 51.0 Å². The Morgan fingerprint density at radius 2 is 1.52 bits per heavy atom.